The van der Waals surface area contributed by atoms with Crippen molar-refractivity contribution in [2.75, 3.05) is 0 Å². The molecule has 0 heterocycles. The molecule has 14 heavy (non-hydrogen) atoms. The normalized spacial score (nSPS) is 16.4. The topological polar surface area (TPSA) is 35.2 Å². The Kier molecular flexibility index (Phi) is 5.84. The van der Waals surface area contributed by atoms with Crippen molar-refractivity contribution in [3.8, 4) is 0 Å². The van der Waals surface area contributed by atoms with Crippen molar-refractivity contribution in [1.29, 1.82) is 0 Å². The maximum atomic E-state index is 5.92. The van der Waals surface area contributed by atoms with Crippen LogP contribution in [0.5, 0.6) is 0 Å². The Hall–Kier alpha value is -1.12. The summed E-state index contributed by atoms with van der Waals surface area (Å²) in [5.74, 6) is 0. The van der Waals surface area contributed by atoms with Gasteiger partial charge in [0.25, 0.3) is 0 Å². The monoisotopic (exact) mass is 193 g/mol. The summed E-state index contributed by atoms with van der Waals surface area (Å²) in [6.45, 7) is 14.6. The van der Waals surface area contributed by atoms with E-state index in [9.17, 15) is 0 Å². The summed E-state index contributed by atoms with van der Waals surface area (Å²) < 4.78 is 5.62. The molecule has 0 aliphatic heterocycles. The molecule has 2 N–H and O–H groups in total. The first-order chi connectivity index (χ1) is 6.61. The molecule has 2 atom stereocenters. The zero-order valence-corrected chi connectivity index (χ0v) is 8.61. The standard InChI is InChI=1S/C12H19NO/c1-5-9-11(7-3)14-12(13,8-4)10-6-2/h5-8,11H,1-4,9-10,13H2. The summed E-state index contributed by atoms with van der Waals surface area (Å²) in [4.78, 5) is 0. The van der Waals surface area contributed by atoms with Crippen LogP contribution in [0.15, 0.2) is 50.6 Å². The zero-order chi connectivity index (χ0) is 11.0. The molecular weight excluding hydrogens is 174 g/mol. The fourth-order valence-electron chi connectivity index (χ4n) is 1.04. The third kappa shape index (κ3) is 4.21. The van der Waals surface area contributed by atoms with Crippen LogP contribution in [0.2, 0.25) is 0 Å². The average molecular weight is 193 g/mol. The smallest absolute Gasteiger partial charge is 0.139 e. The summed E-state index contributed by atoms with van der Waals surface area (Å²) in [6, 6.07) is 0. The molecule has 0 aromatic rings. The molecule has 0 aromatic carbocycles. The van der Waals surface area contributed by atoms with Gasteiger partial charge in [0.1, 0.15) is 5.72 Å². The number of nitrogens with two attached hydrogens (primary N) is 1. The van der Waals surface area contributed by atoms with Gasteiger partial charge in [0.15, 0.2) is 0 Å². The highest BCUT2D eigenvalue weighted by atomic mass is 16.5. The van der Waals surface area contributed by atoms with Crippen molar-refractivity contribution in [2.24, 2.45) is 5.73 Å². The minimum Gasteiger partial charge on any atom is -0.349 e. The van der Waals surface area contributed by atoms with Gasteiger partial charge in [-0.25, -0.2) is 0 Å². The van der Waals surface area contributed by atoms with Crippen LogP contribution in [0.1, 0.15) is 12.8 Å². The van der Waals surface area contributed by atoms with E-state index in [1.54, 1.807) is 24.3 Å². The van der Waals surface area contributed by atoms with Gasteiger partial charge in [-0.05, 0) is 12.5 Å². The molecule has 0 aliphatic carbocycles. The van der Waals surface area contributed by atoms with E-state index in [4.69, 9.17) is 10.5 Å². The van der Waals surface area contributed by atoms with Crippen molar-refractivity contribution < 1.29 is 4.74 Å². The lowest BCUT2D eigenvalue weighted by Gasteiger charge is -2.28. The van der Waals surface area contributed by atoms with Crippen LogP contribution in [0.3, 0.4) is 0 Å². The van der Waals surface area contributed by atoms with Crippen LogP contribution in [-0.2, 0) is 4.74 Å². The largest absolute Gasteiger partial charge is 0.349 e. The molecule has 0 bridgehead atoms. The Morgan fingerprint density at radius 2 is 1.86 bits per heavy atom. The van der Waals surface area contributed by atoms with Gasteiger partial charge in [-0.15, -0.1) is 19.7 Å². The lowest BCUT2D eigenvalue weighted by molar-refractivity contribution is -0.0346. The molecule has 0 fully saturated rings. The Bertz CT molecular complexity index is 222. The third-order valence-electron chi connectivity index (χ3n) is 1.84. The molecule has 2 nitrogen and oxygen atoms in total. The van der Waals surface area contributed by atoms with E-state index < -0.39 is 5.72 Å². The Balaban J connectivity index is 4.39. The quantitative estimate of drug-likeness (QED) is 0.475. The van der Waals surface area contributed by atoms with Gasteiger partial charge in [0.05, 0.1) is 6.10 Å². The van der Waals surface area contributed by atoms with E-state index in [2.05, 4.69) is 26.3 Å². The average Bonchev–Trinajstić information content (AvgIpc) is 2.17. The van der Waals surface area contributed by atoms with Gasteiger partial charge in [0, 0.05) is 6.42 Å². The summed E-state index contributed by atoms with van der Waals surface area (Å²) in [7, 11) is 0. The molecular formula is C12H19NO. The molecule has 0 saturated carbocycles. The van der Waals surface area contributed by atoms with Crippen LogP contribution < -0.4 is 5.73 Å². The van der Waals surface area contributed by atoms with E-state index in [1.165, 1.54) is 0 Å². The molecule has 0 aliphatic rings. The Morgan fingerprint density at radius 3 is 2.21 bits per heavy atom. The fraction of sp³-hybridized carbons (Fsp3) is 0.333. The maximum Gasteiger partial charge on any atom is 0.139 e. The number of ether oxygens (including phenoxy) is 1. The molecule has 0 amide bonds. The molecule has 78 valence electrons. The highest BCUT2D eigenvalue weighted by molar-refractivity contribution is 5.00. The van der Waals surface area contributed by atoms with Crippen molar-refractivity contribution in [2.45, 2.75) is 24.7 Å². The highest BCUT2D eigenvalue weighted by Gasteiger charge is 2.22. The summed E-state index contributed by atoms with van der Waals surface area (Å²) in [5, 5.41) is 0. The number of rotatable bonds is 8. The molecule has 0 spiro atoms. The summed E-state index contributed by atoms with van der Waals surface area (Å²) in [5.41, 5.74) is 5.06. The number of hydrogen-bond acceptors (Lipinski definition) is 2. The predicted molar refractivity (Wildman–Crippen MR) is 61.8 cm³/mol. The first-order valence-corrected chi connectivity index (χ1v) is 4.56. The van der Waals surface area contributed by atoms with Crippen LogP contribution in [0.4, 0.5) is 0 Å². The van der Waals surface area contributed by atoms with Gasteiger partial charge >= 0.3 is 0 Å². The third-order valence-corrected chi connectivity index (χ3v) is 1.84. The van der Waals surface area contributed by atoms with Crippen molar-refractivity contribution in [3.63, 3.8) is 0 Å². The van der Waals surface area contributed by atoms with Crippen molar-refractivity contribution in [1.82, 2.24) is 0 Å². The lowest BCUT2D eigenvalue weighted by atomic mass is 10.1. The summed E-state index contributed by atoms with van der Waals surface area (Å²) in [6.07, 6.45) is 7.84. The molecule has 2 unspecified atom stereocenters. The zero-order valence-electron chi connectivity index (χ0n) is 8.61. The van der Waals surface area contributed by atoms with E-state index in [0.29, 0.717) is 12.8 Å². The predicted octanol–water partition coefficient (Wildman–Crippen LogP) is 2.55. The molecule has 0 saturated heterocycles. The molecule has 0 radical (unpaired) electrons. The highest BCUT2D eigenvalue weighted by Crippen LogP contribution is 2.16. The van der Waals surface area contributed by atoms with Crippen LogP contribution in [-0.4, -0.2) is 11.8 Å². The van der Waals surface area contributed by atoms with Gasteiger partial charge in [-0.1, -0.05) is 24.8 Å². The molecule has 0 rings (SSSR count). The van der Waals surface area contributed by atoms with Gasteiger partial charge < -0.3 is 4.74 Å². The Morgan fingerprint density at radius 1 is 1.21 bits per heavy atom. The maximum absolute atomic E-state index is 5.92. The first-order valence-electron chi connectivity index (χ1n) is 4.56. The minimum absolute atomic E-state index is 0.129. The van der Waals surface area contributed by atoms with Crippen LogP contribution in [0.25, 0.3) is 0 Å². The van der Waals surface area contributed by atoms with Crippen molar-refractivity contribution in [3.05, 3.63) is 50.6 Å². The van der Waals surface area contributed by atoms with Gasteiger partial charge in [0.2, 0.25) is 0 Å². The van der Waals surface area contributed by atoms with E-state index in [1.807, 2.05) is 0 Å². The number of hydrogen-bond donors (Lipinski definition) is 1. The second-order valence-electron chi connectivity index (χ2n) is 3.07. The van der Waals surface area contributed by atoms with Crippen LogP contribution >= 0.6 is 0 Å². The molecule has 0 aromatic heterocycles. The van der Waals surface area contributed by atoms with Gasteiger partial charge in [-0.3, -0.25) is 5.73 Å². The minimum atomic E-state index is -0.858. The van der Waals surface area contributed by atoms with Crippen LogP contribution in [0, 0.1) is 0 Å². The fourth-order valence-corrected chi connectivity index (χ4v) is 1.04. The van der Waals surface area contributed by atoms with E-state index in [-0.39, 0.29) is 6.10 Å². The van der Waals surface area contributed by atoms with E-state index >= 15 is 0 Å². The van der Waals surface area contributed by atoms with Gasteiger partial charge in [-0.2, -0.15) is 0 Å². The first kappa shape index (κ1) is 12.9. The van der Waals surface area contributed by atoms with E-state index in [0.717, 1.165) is 0 Å². The second-order valence-corrected chi connectivity index (χ2v) is 3.07. The second kappa shape index (κ2) is 6.35. The SMILES string of the molecule is C=CCC(C=C)OC(N)(C=C)CC=C. The molecule has 2 heteroatoms. The van der Waals surface area contributed by atoms with Crippen molar-refractivity contribution >= 4 is 0 Å². The summed E-state index contributed by atoms with van der Waals surface area (Å²) >= 11 is 0. The Labute approximate surface area is 86.4 Å². The lowest BCUT2D eigenvalue weighted by Crippen LogP contribution is -2.42.